The van der Waals surface area contributed by atoms with Gasteiger partial charge in [-0.1, -0.05) is 27.7 Å². The van der Waals surface area contributed by atoms with Crippen LogP contribution < -0.4 is 5.32 Å². The summed E-state index contributed by atoms with van der Waals surface area (Å²) >= 11 is 0. The van der Waals surface area contributed by atoms with E-state index >= 15 is 0 Å². The van der Waals surface area contributed by atoms with Crippen LogP contribution in [0, 0.1) is 17.8 Å². The monoisotopic (exact) mass is 268 g/mol. The zero-order chi connectivity index (χ0) is 14.4. The fourth-order valence-electron chi connectivity index (χ4n) is 3.92. The summed E-state index contributed by atoms with van der Waals surface area (Å²) < 4.78 is 0. The lowest BCUT2D eigenvalue weighted by atomic mass is 9.73. The first kappa shape index (κ1) is 17.0. The Balaban J connectivity index is 2.60. The second kappa shape index (κ2) is 8.26. The van der Waals surface area contributed by atoms with Gasteiger partial charge in [-0.05, 0) is 64.0 Å². The Morgan fingerprint density at radius 2 is 1.79 bits per heavy atom. The molecule has 1 saturated carbocycles. The van der Waals surface area contributed by atoms with E-state index in [1.165, 1.54) is 38.6 Å². The van der Waals surface area contributed by atoms with Crippen molar-refractivity contribution in [1.29, 1.82) is 0 Å². The standard InChI is InChI=1S/C17H36N2/c1-7-16(8-2)19(6)12-15-11-14(13(3)4)9-10-17(15)18-5/h13-18H,7-12H2,1-6H3. The molecule has 0 amide bonds. The van der Waals surface area contributed by atoms with Crippen molar-refractivity contribution in [2.24, 2.45) is 17.8 Å². The van der Waals surface area contributed by atoms with Crippen molar-refractivity contribution < 1.29 is 0 Å². The summed E-state index contributed by atoms with van der Waals surface area (Å²) in [5.41, 5.74) is 0. The van der Waals surface area contributed by atoms with Crippen molar-refractivity contribution in [2.75, 3.05) is 20.6 Å². The third-order valence-corrected chi connectivity index (χ3v) is 5.42. The maximum Gasteiger partial charge on any atom is 0.0105 e. The molecule has 1 aliphatic rings. The summed E-state index contributed by atoms with van der Waals surface area (Å²) in [5, 5.41) is 3.57. The fourth-order valence-corrected chi connectivity index (χ4v) is 3.92. The number of hydrogen-bond donors (Lipinski definition) is 1. The molecule has 3 unspecified atom stereocenters. The van der Waals surface area contributed by atoms with E-state index in [1.807, 2.05) is 0 Å². The minimum absolute atomic E-state index is 0.729. The molecule has 0 bridgehead atoms. The van der Waals surface area contributed by atoms with E-state index in [1.54, 1.807) is 0 Å². The van der Waals surface area contributed by atoms with E-state index in [0.29, 0.717) is 0 Å². The molecule has 0 aromatic carbocycles. The van der Waals surface area contributed by atoms with Gasteiger partial charge in [-0.15, -0.1) is 0 Å². The summed E-state index contributed by atoms with van der Waals surface area (Å²) in [6, 6.07) is 1.49. The molecular formula is C17H36N2. The Kier molecular flexibility index (Phi) is 7.38. The Morgan fingerprint density at radius 1 is 1.16 bits per heavy atom. The van der Waals surface area contributed by atoms with Crippen LogP contribution in [0.5, 0.6) is 0 Å². The lowest BCUT2D eigenvalue weighted by Crippen LogP contribution is -2.46. The lowest BCUT2D eigenvalue weighted by molar-refractivity contribution is 0.114. The molecule has 19 heavy (non-hydrogen) atoms. The number of nitrogens with one attached hydrogen (secondary N) is 1. The highest BCUT2D eigenvalue weighted by atomic mass is 15.1. The maximum atomic E-state index is 3.57. The summed E-state index contributed by atoms with van der Waals surface area (Å²) in [4.78, 5) is 2.61. The zero-order valence-electron chi connectivity index (χ0n) is 14.1. The van der Waals surface area contributed by atoms with Gasteiger partial charge in [0, 0.05) is 18.6 Å². The molecule has 114 valence electrons. The SMILES string of the molecule is CCC(CC)N(C)CC1CC(C(C)C)CCC1NC. The van der Waals surface area contributed by atoms with E-state index < -0.39 is 0 Å². The molecule has 0 saturated heterocycles. The molecule has 1 rings (SSSR count). The summed E-state index contributed by atoms with van der Waals surface area (Å²) in [5.74, 6) is 2.61. The highest BCUT2D eigenvalue weighted by Crippen LogP contribution is 2.34. The third kappa shape index (κ3) is 4.75. The van der Waals surface area contributed by atoms with Gasteiger partial charge in [0.25, 0.3) is 0 Å². The van der Waals surface area contributed by atoms with Crippen molar-refractivity contribution in [3.63, 3.8) is 0 Å². The molecule has 0 radical (unpaired) electrons. The Bertz CT molecular complexity index is 235. The molecule has 0 aromatic rings. The fraction of sp³-hybridized carbons (Fsp3) is 1.00. The zero-order valence-corrected chi connectivity index (χ0v) is 14.1. The van der Waals surface area contributed by atoms with Gasteiger partial charge in [0.1, 0.15) is 0 Å². The summed E-state index contributed by atoms with van der Waals surface area (Å²) in [6.45, 7) is 10.7. The van der Waals surface area contributed by atoms with Crippen molar-refractivity contribution >= 4 is 0 Å². The van der Waals surface area contributed by atoms with Crippen molar-refractivity contribution in [3.8, 4) is 0 Å². The van der Waals surface area contributed by atoms with E-state index in [0.717, 1.165) is 29.8 Å². The Morgan fingerprint density at radius 3 is 2.26 bits per heavy atom. The normalized spacial score (nSPS) is 28.6. The van der Waals surface area contributed by atoms with Crippen LogP contribution in [-0.4, -0.2) is 37.6 Å². The smallest absolute Gasteiger partial charge is 0.0105 e. The van der Waals surface area contributed by atoms with Gasteiger partial charge in [-0.25, -0.2) is 0 Å². The minimum Gasteiger partial charge on any atom is -0.317 e. The van der Waals surface area contributed by atoms with Crippen LogP contribution in [0.3, 0.4) is 0 Å². The van der Waals surface area contributed by atoms with Gasteiger partial charge < -0.3 is 10.2 Å². The largest absolute Gasteiger partial charge is 0.317 e. The molecule has 0 aromatic heterocycles. The third-order valence-electron chi connectivity index (χ3n) is 5.42. The van der Waals surface area contributed by atoms with Crippen molar-refractivity contribution in [2.45, 2.75) is 71.9 Å². The first-order chi connectivity index (χ1) is 9.03. The molecule has 2 nitrogen and oxygen atoms in total. The first-order valence-electron chi connectivity index (χ1n) is 8.40. The van der Waals surface area contributed by atoms with Crippen LogP contribution in [0.2, 0.25) is 0 Å². The predicted octanol–water partition coefficient (Wildman–Crippen LogP) is 3.77. The maximum absolute atomic E-state index is 3.57. The molecule has 0 heterocycles. The number of rotatable bonds is 7. The average molecular weight is 268 g/mol. The van der Waals surface area contributed by atoms with E-state index in [9.17, 15) is 0 Å². The van der Waals surface area contributed by atoms with Gasteiger partial charge in [0.15, 0.2) is 0 Å². The summed E-state index contributed by atoms with van der Waals surface area (Å²) in [7, 11) is 4.47. The van der Waals surface area contributed by atoms with Gasteiger partial charge >= 0.3 is 0 Å². The van der Waals surface area contributed by atoms with Crippen molar-refractivity contribution in [1.82, 2.24) is 10.2 Å². The molecule has 0 aliphatic heterocycles. The lowest BCUT2D eigenvalue weighted by Gasteiger charge is -2.41. The van der Waals surface area contributed by atoms with E-state index in [-0.39, 0.29) is 0 Å². The van der Waals surface area contributed by atoms with E-state index in [4.69, 9.17) is 0 Å². The summed E-state index contributed by atoms with van der Waals surface area (Å²) in [6.07, 6.45) is 6.73. The number of hydrogen-bond acceptors (Lipinski definition) is 2. The average Bonchev–Trinajstić information content (AvgIpc) is 2.39. The van der Waals surface area contributed by atoms with Gasteiger partial charge in [0.2, 0.25) is 0 Å². The Hall–Kier alpha value is -0.0800. The predicted molar refractivity (Wildman–Crippen MR) is 85.5 cm³/mol. The van der Waals surface area contributed by atoms with Crippen LogP contribution >= 0.6 is 0 Å². The van der Waals surface area contributed by atoms with E-state index in [2.05, 4.69) is 52.0 Å². The Labute approximate surface area is 121 Å². The molecule has 3 atom stereocenters. The quantitative estimate of drug-likeness (QED) is 0.756. The highest BCUT2D eigenvalue weighted by Gasteiger charge is 2.32. The topological polar surface area (TPSA) is 15.3 Å². The van der Waals surface area contributed by atoms with Crippen LogP contribution in [-0.2, 0) is 0 Å². The van der Waals surface area contributed by atoms with Crippen LogP contribution in [0.4, 0.5) is 0 Å². The second-order valence-electron chi connectivity index (χ2n) is 6.88. The molecule has 1 aliphatic carbocycles. The first-order valence-corrected chi connectivity index (χ1v) is 8.40. The van der Waals surface area contributed by atoms with Crippen LogP contribution in [0.15, 0.2) is 0 Å². The highest BCUT2D eigenvalue weighted by molar-refractivity contribution is 4.87. The second-order valence-corrected chi connectivity index (χ2v) is 6.88. The molecule has 2 heteroatoms. The minimum atomic E-state index is 0.729. The van der Waals surface area contributed by atoms with Gasteiger partial charge in [-0.2, -0.15) is 0 Å². The van der Waals surface area contributed by atoms with Crippen molar-refractivity contribution in [3.05, 3.63) is 0 Å². The molecule has 0 spiro atoms. The molecule has 1 N–H and O–H groups in total. The van der Waals surface area contributed by atoms with Crippen LogP contribution in [0.25, 0.3) is 0 Å². The van der Waals surface area contributed by atoms with Gasteiger partial charge in [0.05, 0.1) is 0 Å². The van der Waals surface area contributed by atoms with Gasteiger partial charge in [-0.3, -0.25) is 0 Å². The molecular weight excluding hydrogens is 232 g/mol. The molecule has 1 fully saturated rings. The number of nitrogens with zero attached hydrogens (tertiary/aromatic N) is 1. The van der Waals surface area contributed by atoms with Crippen LogP contribution in [0.1, 0.15) is 59.8 Å².